The monoisotopic (exact) mass is 207 g/mol. The Balaban J connectivity index is 1.99. The van der Waals surface area contributed by atoms with Crippen molar-refractivity contribution < 1.29 is 14.6 Å². The van der Waals surface area contributed by atoms with Crippen LogP contribution in [0.5, 0.6) is 5.75 Å². The third kappa shape index (κ3) is 2.47. The topological polar surface area (TPSA) is 58.6 Å². The molecule has 1 aliphatic rings. The summed E-state index contributed by atoms with van der Waals surface area (Å²) in [5.74, 6) is -0.00163. The van der Waals surface area contributed by atoms with Gasteiger partial charge in [0, 0.05) is 18.4 Å². The van der Waals surface area contributed by atoms with Crippen LogP contribution in [-0.2, 0) is 9.53 Å². The molecule has 1 amide bonds. The molecule has 1 atom stereocenters. The number of aromatic hydroxyl groups is 1. The number of carbonyl (C=O) groups excluding carboxylic acids is 1. The van der Waals surface area contributed by atoms with Crippen molar-refractivity contribution in [2.45, 2.75) is 18.9 Å². The summed E-state index contributed by atoms with van der Waals surface area (Å²) in [7, 11) is 0. The lowest BCUT2D eigenvalue weighted by Gasteiger charge is -2.10. The van der Waals surface area contributed by atoms with Gasteiger partial charge >= 0.3 is 0 Å². The van der Waals surface area contributed by atoms with Gasteiger partial charge in [-0.15, -0.1) is 0 Å². The van der Waals surface area contributed by atoms with Gasteiger partial charge in [-0.3, -0.25) is 4.79 Å². The Hall–Kier alpha value is -1.55. The zero-order valence-electron chi connectivity index (χ0n) is 8.27. The first-order valence-electron chi connectivity index (χ1n) is 4.97. The minimum atomic E-state index is -0.340. The summed E-state index contributed by atoms with van der Waals surface area (Å²) in [6.45, 7) is 0.651. The summed E-state index contributed by atoms with van der Waals surface area (Å²) in [5.41, 5.74) is 0.593. The smallest absolute Gasteiger partial charge is 0.253 e. The number of hydrogen-bond donors (Lipinski definition) is 2. The first kappa shape index (κ1) is 9.98. The van der Waals surface area contributed by atoms with Gasteiger partial charge in [-0.2, -0.15) is 0 Å². The van der Waals surface area contributed by atoms with E-state index in [1.807, 2.05) is 0 Å². The molecular formula is C11H13NO3. The van der Waals surface area contributed by atoms with E-state index < -0.39 is 0 Å². The van der Waals surface area contributed by atoms with Crippen LogP contribution in [0.4, 0.5) is 5.69 Å². The molecule has 1 fully saturated rings. The third-order valence-electron chi connectivity index (χ3n) is 2.34. The lowest BCUT2D eigenvalue weighted by molar-refractivity contribution is -0.124. The first-order chi connectivity index (χ1) is 7.25. The number of phenols is 1. The minimum absolute atomic E-state index is 0.139. The van der Waals surface area contributed by atoms with E-state index in [9.17, 15) is 9.90 Å². The molecule has 0 aliphatic carbocycles. The summed E-state index contributed by atoms with van der Waals surface area (Å²) in [6.07, 6.45) is 1.36. The molecule has 1 aliphatic heterocycles. The second kappa shape index (κ2) is 4.31. The SMILES string of the molecule is O=C(Nc1cccc(O)c1)C1CCCO1. The Morgan fingerprint density at radius 1 is 1.53 bits per heavy atom. The average Bonchev–Trinajstić information content (AvgIpc) is 2.70. The molecule has 4 nitrogen and oxygen atoms in total. The predicted molar refractivity (Wildman–Crippen MR) is 55.7 cm³/mol. The van der Waals surface area contributed by atoms with Crippen LogP contribution in [0.1, 0.15) is 12.8 Å². The lowest BCUT2D eigenvalue weighted by Crippen LogP contribution is -2.26. The van der Waals surface area contributed by atoms with E-state index in [0.717, 1.165) is 12.8 Å². The minimum Gasteiger partial charge on any atom is -0.508 e. The Bertz CT molecular complexity index is 359. The summed E-state index contributed by atoms with van der Waals surface area (Å²) in [5, 5.41) is 11.9. The van der Waals surface area contributed by atoms with E-state index in [-0.39, 0.29) is 17.8 Å². The Morgan fingerprint density at radius 3 is 3.07 bits per heavy atom. The largest absolute Gasteiger partial charge is 0.508 e. The molecular weight excluding hydrogens is 194 g/mol. The molecule has 1 aromatic rings. The van der Waals surface area contributed by atoms with Crippen molar-refractivity contribution in [2.75, 3.05) is 11.9 Å². The van der Waals surface area contributed by atoms with Crippen molar-refractivity contribution in [1.82, 2.24) is 0 Å². The molecule has 1 unspecified atom stereocenters. The van der Waals surface area contributed by atoms with Gasteiger partial charge in [0.1, 0.15) is 11.9 Å². The van der Waals surface area contributed by atoms with Crippen LogP contribution in [0.25, 0.3) is 0 Å². The summed E-state index contributed by atoms with van der Waals surface area (Å²) in [6, 6.07) is 6.47. The zero-order chi connectivity index (χ0) is 10.7. The first-order valence-corrected chi connectivity index (χ1v) is 4.97. The van der Waals surface area contributed by atoms with Crippen molar-refractivity contribution >= 4 is 11.6 Å². The number of benzene rings is 1. The van der Waals surface area contributed by atoms with E-state index in [1.165, 1.54) is 6.07 Å². The number of anilines is 1. The Kier molecular flexibility index (Phi) is 2.87. The molecule has 15 heavy (non-hydrogen) atoms. The van der Waals surface area contributed by atoms with E-state index >= 15 is 0 Å². The van der Waals surface area contributed by atoms with Crippen molar-refractivity contribution in [3.8, 4) is 5.75 Å². The van der Waals surface area contributed by atoms with Crippen LogP contribution in [0.3, 0.4) is 0 Å². The maximum Gasteiger partial charge on any atom is 0.253 e. The standard InChI is InChI=1S/C11H13NO3/c13-9-4-1-3-8(7-9)12-11(14)10-5-2-6-15-10/h1,3-4,7,10,13H,2,5-6H2,(H,12,14). The highest BCUT2D eigenvalue weighted by molar-refractivity contribution is 5.94. The van der Waals surface area contributed by atoms with Crippen molar-refractivity contribution in [2.24, 2.45) is 0 Å². The third-order valence-corrected chi connectivity index (χ3v) is 2.34. The van der Waals surface area contributed by atoms with E-state index in [0.29, 0.717) is 12.3 Å². The fourth-order valence-electron chi connectivity index (χ4n) is 1.59. The molecule has 1 heterocycles. The molecule has 0 spiro atoms. The van der Waals surface area contributed by atoms with E-state index in [4.69, 9.17) is 4.74 Å². The van der Waals surface area contributed by atoms with Gasteiger partial charge in [-0.05, 0) is 25.0 Å². The van der Waals surface area contributed by atoms with Gasteiger partial charge in [-0.1, -0.05) is 6.07 Å². The highest BCUT2D eigenvalue weighted by atomic mass is 16.5. The maximum absolute atomic E-state index is 11.6. The fraction of sp³-hybridized carbons (Fsp3) is 0.364. The molecule has 80 valence electrons. The second-order valence-electron chi connectivity index (χ2n) is 3.54. The number of carbonyl (C=O) groups is 1. The summed E-state index contributed by atoms with van der Waals surface area (Å²) < 4.78 is 5.24. The highest BCUT2D eigenvalue weighted by Crippen LogP contribution is 2.18. The van der Waals surface area contributed by atoms with Gasteiger partial charge in [0.05, 0.1) is 0 Å². The van der Waals surface area contributed by atoms with Crippen LogP contribution >= 0.6 is 0 Å². The summed E-state index contributed by atoms with van der Waals surface area (Å²) >= 11 is 0. The summed E-state index contributed by atoms with van der Waals surface area (Å²) in [4.78, 5) is 11.6. The van der Waals surface area contributed by atoms with Crippen LogP contribution in [0, 0.1) is 0 Å². The van der Waals surface area contributed by atoms with Crippen LogP contribution < -0.4 is 5.32 Å². The van der Waals surface area contributed by atoms with Crippen LogP contribution in [-0.4, -0.2) is 23.7 Å². The number of nitrogens with one attached hydrogen (secondary N) is 1. The zero-order valence-corrected chi connectivity index (χ0v) is 8.27. The van der Waals surface area contributed by atoms with Crippen LogP contribution in [0.15, 0.2) is 24.3 Å². The van der Waals surface area contributed by atoms with E-state index in [1.54, 1.807) is 18.2 Å². The van der Waals surface area contributed by atoms with E-state index in [2.05, 4.69) is 5.32 Å². The molecule has 0 aromatic heterocycles. The molecule has 0 radical (unpaired) electrons. The van der Waals surface area contributed by atoms with Crippen molar-refractivity contribution in [3.63, 3.8) is 0 Å². The molecule has 2 rings (SSSR count). The quantitative estimate of drug-likeness (QED) is 0.772. The number of hydrogen-bond acceptors (Lipinski definition) is 3. The fourth-order valence-corrected chi connectivity index (χ4v) is 1.59. The van der Waals surface area contributed by atoms with Gasteiger partial charge in [-0.25, -0.2) is 0 Å². The van der Waals surface area contributed by atoms with Crippen molar-refractivity contribution in [1.29, 1.82) is 0 Å². The predicted octanol–water partition coefficient (Wildman–Crippen LogP) is 1.51. The van der Waals surface area contributed by atoms with Crippen LogP contribution in [0.2, 0.25) is 0 Å². The van der Waals surface area contributed by atoms with Gasteiger partial charge in [0.15, 0.2) is 0 Å². The molecule has 4 heteroatoms. The second-order valence-corrected chi connectivity index (χ2v) is 3.54. The molecule has 1 saturated heterocycles. The lowest BCUT2D eigenvalue weighted by atomic mass is 10.2. The number of phenolic OH excluding ortho intramolecular Hbond substituents is 1. The van der Waals surface area contributed by atoms with Gasteiger partial charge in [0.25, 0.3) is 5.91 Å². The maximum atomic E-state index is 11.6. The normalized spacial score (nSPS) is 20.1. The Morgan fingerprint density at radius 2 is 2.40 bits per heavy atom. The van der Waals surface area contributed by atoms with Crippen molar-refractivity contribution in [3.05, 3.63) is 24.3 Å². The van der Waals surface area contributed by atoms with Gasteiger partial charge in [0.2, 0.25) is 0 Å². The average molecular weight is 207 g/mol. The Labute approximate surface area is 87.9 Å². The molecule has 0 saturated carbocycles. The molecule has 2 N–H and O–H groups in total. The van der Waals surface area contributed by atoms with Gasteiger partial charge < -0.3 is 15.2 Å². The number of rotatable bonds is 2. The molecule has 0 bridgehead atoms. The number of ether oxygens (including phenoxy) is 1. The molecule has 1 aromatic carbocycles. The highest BCUT2D eigenvalue weighted by Gasteiger charge is 2.23. The number of amides is 1.